The van der Waals surface area contributed by atoms with Gasteiger partial charge in [-0.15, -0.1) is 0 Å². The van der Waals surface area contributed by atoms with Crippen molar-refractivity contribution in [2.45, 2.75) is 6.61 Å². The predicted molar refractivity (Wildman–Crippen MR) is 106 cm³/mol. The minimum Gasteiger partial charge on any atom is -0.497 e. The average Bonchev–Trinajstić information content (AvgIpc) is 3.04. The normalized spacial score (nSPS) is 10.8. The molecule has 4 rings (SSSR count). The van der Waals surface area contributed by atoms with Gasteiger partial charge in [-0.2, -0.15) is 0 Å². The number of benzene rings is 3. The number of methoxy groups -OCH3 is 1. The lowest BCUT2D eigenvalue weighted by atomic mass is 10.1. The highest BCUT2D eigenvalue weighted by molar-refractivity contribution is 5.88. The zero-order valence-electron chi connectivity index (χ0n) is 15.0. The largest absolute Gasteiger partial charge is 0.497 e. The van der Waals surface area contributed by atoms with E-state index < -0.39 is 0 Å². The molecule has 0 fully saturated rings. The first-order valence-corrected chi connectivity index (χ1v) is 8.66. The van der Waals surface area contributed by atoms with E-state index in [1.165, 1.54) is 10.9 Å². The quantitative estimate of drug-likeness (QED) is 0.482. The molecule has 130 valence electrons. The number of fused-ring (bicyclic) bond motifs is 1. The lowest BCUT2D eigenvalue weighted by molar-refractivity contribution is 0.307. The first-order valence-electron chi connectivity index (χ1n) is 8.66. The summed E-state index contributed by atoms with van der Waals surface area (Å²) in [6, 6.07) is 26.8. The van der Waals surface area contributed by atoms with Crippen molar-refractivity contribution in [1.82, 2.24) is 4.57 Å². The van der Waals surface area contributed by atoms with E-state index in [2.05, 4.69) is 48.0 Å². The summed E-state index contributed by atoms with van der Waals surface area (Å²) in [4.78, 5) is 0. The van der Waals surface area contributed by atoms with Crippen molar-refractivity contribution in [2.24, 2.45) is 7.05 Å². The van der Waals surface area contributed by atoms with Gasteiger partial charge in [0.25, 0.3) is 0 Å². The fourth-order valence-electron chi connectivity index (χ4n) is 3.23. The van der Waals surface area contributed by atoms with Gasteiger partial charge in [0.05, 0.1) is 12.8 Å². The number of aromatic nitrogens is 1. The molecule has 0 amide bonds. The molecule has 0 unspecified atom stereocenters. The third-order valence-corrected chi connectivity index (χ3v) is 4.67. The molecule has 0 N–H and O–H groups in total. The number of aryl methyl sites for hydroxylation is 1. The summed E-state index contributed by atoms with van der Waals surface area (Å²) >= 11 is 0. The Hall–Kier alpha value is -3.20. The number of ether oxygens (including phenoxy) is 2. The van der Waals surface area contributed by atoms with Gasteiger partial charge in [0.2, 0.25) is 0 Å². The Morgan fingerprint density at radius 1 is 0.846 bits per heavy atom. The fourth-order valence-corrected chi connectivity index (χ4v) is 3.23. The number of rotatable bonds is 5. The van der Waals surface area contributed by atoms with Gasteiger partial charge in [-0.3, -0.25) is 0 Å². The first-order chi connectivity index (χ1) is 12.8. The van der Waals surface area contributed by atoms with E-state index >= 15 is 0 Å². The summed E-state index contributed by atoms with van der Waals surface area (Å²) < 4.78 is 13.6. The second kappa shape index (κ2) is 6.96. The molecule has 0 atom stereocenters. The van der Waals surface area contributed by atoms with E-state index in [1.54, 1.807) is 7.11 Å². The van der Waals surface area contributed by atoms with Crippen molar-refractivity contribution in [1.29, 1.82) is 0 Å². The lowest BCUT2D eigenvalue weighted by Gasteiger charge is -2.13. The van der Waals surface area contributed by atoms with Gasteiger partial charge in [-0.05, 0) is 42.0 Å². The summed E-state index contributed by atoms with van der Waals surface area (Å²) in [7, 11) is 3.77. The summed E-state index contributed by atoms with van der Waals surface area (Å²) in [5, 5.41) is 1.23. The first kappa shape index (κ1) is 16.3. The van der Waals surface area contributed by atoms with Crippen molar-refractivity contribution in [3.05, 3.63) is 84.4 Å². The molecule has 0 aliphatic carbocycles. The molecule has 1 aromatic heterocycles. The maximum absolute atomic E-state index is 6.15. The van der Waals surface area contributed by atoms with Crippen molar-refractivity contribution >= 4 is 10.9 Å². The van der Waals surface area contributed by atoms with Crippen LogP contribution in [0.15, 0.2) is 78.9 Å². The molecule has 0 aliphatic heterocycles. The van der Waals surface area contributed by atoms with E-state index in [4.69, 9.17) is 9.47 Å². The van der Waals surface area contributed by atoms with Crippen molar-refractivity contribution in [2.75, 3.05) is 7.11 Å². The second-order valence-corrected chi connectivity index (χ2v) is 6.28. The smallest absolute Gasteiger partial charge is 0.129 e. The molecule has 3 heteroatoms. The number of hydrogen-bond acceptors (Lipinski definition) is 2. The van der Waals surface area contributed by atoms with Crippen LogP contribution < -0.4 is 9.47 Å². The van der Waals surface area contributed by atoms with Gasteiger partial charge < -0.3 is 14.0 Å². The van der Waals surface area contributed by atoms with Gasteiger partial charge >= 0.3 is 0 Å². The summed E-state index contributed by atoms with van der Waals surface area (Å²) in [5.74, 6) is 1.74. The number of hydrogen-bond donors (Lipinski definition) is 0. The van der Waals surface area contributed by atoms with Crippen LogP contribution in [0, 0.1) is 0 Å². The zero-order chi connectivity index (χ0) is 17.9. The minimum atomic E-state index is 0.519. The van der Waals surface area contributed by atoms with Crippen LogP contribution in [0.1, 0.15) is 5.56 Å². The van der Waals surface area contributed by atoms with E-state index in [1.807, 2.05) is 42.5 Å². The van der Waals surface area contributed by atoms with Gasteiger partial charge in [0, 0.05) is 23.5 Å². The topological polar surface area (TPSA) is 23.4 Å². The molecular formula is C23H21NO2. The van der Waals surface area contributed by atoms with Crippen molar-refractivity contribution in [3.63, 3.8) is 0 Å². The van der Waals surface area contributed by atoms with Gasteiger partial charge in [0.15, 0.2) is 0 Å². The third-order valence-electron chi connectivity index (χ3n) is 4.67. The van der Waals surface area contributed by atoms with Crippen LogP contribution in [0.3, 0.4) is 0 Å². The van der Waals surface area contributed by atoms with E-state index in [0.29, 0.717) is 6.61 Å². The minimum absolute atomic E-state index is 0.519. The molecule has 0 aliphatic rings. The Bertz CT molecular complexity index is 1030. The molecule has 0 saturated heterocycles. The molecule has 0 spiro atoms. The van der Waals surface area contributed by atoms with E-state index in [-0.39, 0.29) is 0 Å². The summed E-state index contributed by atoms with van der Waals surface area (Å²) in [6.07, 6.45) is 0. The summed E-state index contributed by atoms with van der Waals surface area (Å²) in [6.45, 7) is 0.519. The van der Waals surface area contributed by atoms with Crippen LogP contribution >= 0.6 is 0 Å². The molecule has 1 heterocycles. The molecular weight excluding hydrogens is 322 g/mol. The van der Waals surface area contributed by atoms with Crippen molar-refractivity contribution < 1.29 is 9.47 Å². The lowest BCUT2D eigenvalue weighted by Crippen LogP contribution is -1.99. The average molecular weight is 343 g/mol. The Labute approximate surface area is 153 Å². The zero-order valence-corrected chi connectivity index (χ0v) is 15.0. The molecule has 26 heavy (non-hydrogen) atoms. The van der Waals surface area contributed by atoms with Crippen LogP contribution in [0.25, 0.3) is 22.2 Å². The van der Waals surface area contributed by atoms with Gasteiger partial charge in [-0.1, -0.05) is 42.5 Å². The van der Waals surface area contributed by atoms with Gasteiger partial charge in [0.1, 0.15) is 18.1 Å². The number of para-hydroxylation sites is 2. The van der Waals surface area contributed by atoms with Crippen LogP contribution in [-0.4, -0.2) is 11.7 Å². The van der Waals surface area contributed by atoms with E-state index in [0.717, 1.165) is 28.3 Å². The second-order valence-electron chi connectivity index (χ2n) is 6.28. The van der Waals surface area contributed by atoms with E-state index in [9.17, 15) is 0 Å². The predicted octanol–water partition coefficient (Wildman–Crippen LogP) is 5.43. The molecule has 3 nitrogen and oxygen atoms in total. The van der Waals surface area contributed by atoms with Crippen LogP contribution in [0.4, 0.5) is 0 Å². The summed E-state index contributed by atoms with van der Waals surface area (Å²) in [5.41, 5.74) is 4.57. The Morgan fingerprint density at radius 3 is 2.35 bits per heavy atom. The van der Waals surface area contributed by atoms with Crippen LogP contribution in [-0.2, 0) is 13.7 Å². The fraction of sp³-hybridized carbons (Fsp3) is 0.130. The molecule has 0 bridgehead atoms. The number of nitrogens with zero attached hydrogens (tertiary/aromatic N) is 1. The van der Waals surface area contributed by atoms with Crippen LogP contribution in [0.5, 0.6) is 11.5 Å². The maximum Gasteiger partial charge on any atom is 0.129 e. The SMILES string of the molecule is COc1ccc(COc2ccccc2-c2cc3ccccc3n2C)cc1. The Balaban J connectivity index is 1.64. The molecule has 0 radical (unpaired) electrons. The highest BCUT2D eigenvalue weighted by Crippen LogP contribution is 2.34. The van der Waals surface area contributed by atoms with Crippen molar-refractivity contribution in [3.8, 4) is 22.8 Å². The molecule has 3 aromatic carbocycles. The molecule has 0 saturated carbocycles. The third kappa shape index (κ3) is 3.04. The Morgan fingerprint density at radius 2 is 1.58 bits per heavy atom. The standard InChI is InChI=1S/C23H21NO2/c1-24-21-9-5-3-7-18(21)15-22(24)20-8-4-6-10-23(20)26-16-17-11-13-19(25-2)14-12-17/h3-15H,16H2,1-2H3. The highest BCUT2D eigenvalue weighted by Gasteiger charge is 2.12. The molecule has 4 aromatic rings. The monoisotopic (exact) mass is 343 g/mol. The highest BCUT2D eigenvalue weighted by atomic mass is 16.5. The Kier molecular flexibility index (Phi) is 4.36. The van der Waals surface area contributed by atoms with Crippen LogP contribution in [0.2, 0.25) is 0 Å². The maximum atomic E-state index is 6.15. The van der Waals surface area contributed by atoms with Gasteiger partial charge in [-0.25, -0.2) is 0 Å².